The van der Waals surface area contributed by atoms with Gasteiger partial charge >= 0.3 is 0 Å². The Morgan fingerprint density at radius 2 is 1.25 bits per heavy atom. The summed E-state index contributed by atoms with van der Waals surface area (Å²) < 4.78 is 1.01. The molecule has 2 atom stereocenters. The van der Waals surface area contributed by atoms with Crippen molar-refractivity contribution in [3.8, 4) is 0 Å². The molecular weight excluding hydrogens is 373 g/mol. The molecule has 0 aliphatic heterocycles. The van der Waals surface area contributed by atoms with Crippen LogP contribution in [0.4, 0.5) is 0 Å². The molecule has 0 rings (SSSR count). The number of halogens is 4. The van der Waals surface area contributed by atoms with Crippen LogP contribution in [0.3, 0.4) is 0 Å². The van der Waals surface area contributed by atoms with Gasteiger partial charge < -0.3 is 0 Å². The average molecular weight is 379 g/mol. The van der Waals surface area contributed by atoms with Crippen LogP contribution in [0.2, 0.25) is 0 Å². The number of hydrogen-bond donors (Lipinski definition) is 0. The summed E-state index contributed by atoms with van der Waals surface area (Å²) in [6, 6.07) is 0. The van der Waals surface area contributed by atoms with E-state index in [1.165, 1.54) is 0 Å². The molecule has 0 amide bonds. The Labute approximate surface area is 87.0 Å². The van der Waals surface area contributed by atoms with Gasteiger partial charge in [-0.25, -0.2) is 0 Å². The first kappa shape index (κ1) is 10.0. The summed E-state index contributed by atoms with van der Waals surface area (Å²) in [7, 11) is 0. The van der Waals surface area contributed by atoms with Crippen molar-refractivity contribution < 1.29 is 0 Å². The van der Waals surface area contributed by atoms with Crippen molar-refractivity contribution in [1.29, 1.82) is 0 Å². The highest BCUT2D eigenvalue weighted by Gasteiger charge is 2.11. The summed E-state index contributed by atoms with van der Waals surface area (Å²) in [6.07, 6.45) is 0. The van der Waals surface area contributed by atoms with Gasteiger partial charge in [-0.1, -0.05) is 45.2 Å². The third-order valence-corrected chi connectivity index (χ3v) is 6.39. The van der Waals surface area contributed by atoms with E-state index in [2.05, 4.69) is 45.2 Å². The highest BCUT2D eigenvalue weighted by molar-refractivity contribution is 14.1. The van der Waals surface area contributed by atoms with Gasteiger partial charge in [-0.3, -0.25) is 0 Å². The van der Waals surface area contributed by atoms with Crippen molar-refractivity contribution in [2.24, 2.45) is 0 Å². The maximum absolute atomic E-state index is 5.55. The van der Waals surface area contributed by atoms with E-state index in [0.29, 0.717) is 19.6 Å². The van der Waals surface area contributed by atoms with E-state index in [1.54, 1.807) is 0 Å². The quantitative estimate of drug-likeness (QED) is 0.523. The number of rotatable bonds is 3. The van der Waals surface area contributed by atoms with Crippen LogP contribution in [0.15, 0.2) is 0 Å². The molecular formula is C4H6Cl2I2. The maximum Gasteiger partial charge on any atom is 0.0374 e. The monoisotopic (exact) mass is 378 g/mol. The summed E-state index contributed by atoms with van der Waals surface area (Å²) in [5.74, 6) is 1.39. The molecule has 0 spiro atoms. The van der Waals surface area contributed by atoms with Gasteiger partial charge in [0.05, 0.1) is 0 Å². The molecule has 0 radical (unpaired) electrons. The highest BCUT2D eigenvalue weighted by Crippen LogP contribution is 2.17. The predicted octanol–water partition coefficient (Wildman–Crippen LogP) is 3.07. The van der Waals surface area contributed by atoms with Crippen molar-refractivity contribution in [1.82, 2.24) is 0 Å². The first-order valence-corrected chi connectivity index (χ1v) is 5.68. The molecule has 2 unspecified atom stereocenters. The molecule has 50 valence electrons. The minimum atomic E-state index is 0.507. The Morgan fingerprint density at radius 1 is 1.00 bits per heavy atom. The van der Waals surface area contributed by atoms with E-state index < -0.39 is 0 Å². The Bertz CT molecular complexity index is 52.0. The van der Waals surface area contributed by atoms with Gasteiger partial charge in [-0.15, -0.1) is 23.2 Å². The van der Waals surface area contributed by atoms with Crippen molar-refractivity contribution >= 4 is 68.4 Å². The SMILES string of the molecule is ClCC(I)C(I)CCl. The van der Waals surface area contributed by atoms with Crippen molar-refractivity contribution in [3.05, 3.63) is 0 Å². The van der Waals surface area contributed by atoms with E-state index in [0.717, 1.165) is 0 Å². The van der Waals surface area contributed by atoms with Crippen LogP contribution in [0.1, 0.15) is 0 Å². The minimum absolute atomic E-state index is 0.507. The summed E-state index contributed by atoms with van der Waals surface area (Å²) in [5.41, 5.74) is 0. The minimum Gasteiger partial charge on any atom is -0.126 e. The molecule has 0 aliphatic carbocycles. The number of hydrogen-bond acceptors (Lipinski definition) is 0. The Hall–Kier alpha value is 2.04. The third-order valence-electron chi connectivity index (χ3n) is 0.687. The molecule has 0 nitrogen and oxygen atoms in total. The molecule has 0 heterocycles. The topological polar surface area (TPSA) is 0 Å². The third kappa shape index (κ3) is 3.95. The van der Waals surface area contributed by atoms with Gasteiger partial charge in [0.2, 0.25) is 0 Å². The molecule has 8 heavy (non-hydrogen) atoms. The van der Waals surface area contributed by atoms with Crippen LogP contribution >= 0.6 is 68.4 Å². The van der Waals surface area contributed by atoms with Crippen molar-refractivity contribution in [2.75, 3.05) is 11.8 Å². The molecule has 0 aromatic rings. The van der Waals surface area contributed by atoms with E-state index in [9.17, 15) is 0 Å². The zero-order chi connectivity index (χ0) is 6.57. The van der Waals surface area contributed by atoms with E-state index in [1.807, 2.05) is 0 Å². The van der Waals surface area contributed by atoms with E-state index in [-0.39, 0.29) is 0 Å². The maximum atomic E-state index is 5.55. The Kier molecular flexibility index (Phi) is 7.28. The lowest BCUT2D eigenvalue weighted by Crippen LogP contribution is -2.16. The lowest BCUT2D eigenvalue weighted by molar-refractivity contribution is 1.01. The molecule has 0 aromatic carbocycles. The van der Waals surface area contributed by atoms with Crippen LogP contribution < -0.4 is 0 Å². The molecule has 0 bridgehead atoms. The fourth-order valence-corrected chi connectivity index (χ4v) is 1.73. The smallest absolute Gasteiger partial charge is 0.0374 e. The number of alkyl halides is 4. The zero-order valence-electron chi connectivity index (χ0n) is 4.08. The summed E-state index contributed by atoms with van der Waals surface area (Å²) in [5, 5.41) is 0. The Morgan fingerprint density at radius 3 is 1.38 bits per heavy atom. The van der Waals surface area contributed by atoms with Gasteiger partial charge in [-0.05, 0) is 0 Å². The molecule has 4 heteroatoms. The van der Waals surface area contributed by atoms with Crippen LogP contribution in [0, 0.1) is 0 Å². The van der Waals surface area contributed by atoms with Crippen LogP contribution in [0.5, 0.6) is 0 Å². The van der Waals surface area contributed by atoms with E-state index >= 15 is 0 Å². The van der Waals surface area contributed by atoms with Crippen molar-refractivity contribution in [2.45, 2.75) is 7.85 Å². The largest absolute Gasteiger partial charge is 0.126 e. The first-order valence-electron chi connectivity index (χ1n) is 2.12. The second kappa shape index (κ2) is 5.80. The molecule has 0 saturated carbocycles. The predicted molar refractivity (Wildman–Crippen MR) is 57.1 cm³/mol. The zero-order valence-corrected chi connectivity index (χ0v) is 9.91. The molecule has 0 saturated heterocycles. The van der Waals surface area contributed by atoms with Crippen LogP contribution in [-0.4, -0.2) is 19.6 Å². The fraction of sp³-hybridized carbons (Fsp3) is 1.00. The molecule has 0 aromatic heterocycles. The van der Waals surface area contributed by atoms with Gasteiger partial charge in [0, 0.05) is 19.6 Å². The van der Waals surface area contributed by atoms with Gasteiger partial charge in [0.1, 0.15) is 0 Å². The van der Waals surface area contributed by atoms with Crippen LogP contribution in [-0.2, 0) is 0 Å². The summed E-state index contributed by atoms with van der Waals surface area (Å²) >= 11 is 15.7. The standard InChI is InChI=1S/C4H6Cl2I2/c5-1-3(7)4(8)2-6/h3-4H,1-2H2. The van der Waals surface area contributed by atoms with E-state index in [4.69, 9.17) is 23.2 Å². The summed E-state index contributed by atoms with van der Waals surface area (Å²) in [6.45, 7) is 0. The molecule has 0 fully saturated rings. The summed E-state index contributed by atoms with van der Waals surface area (Å²) in [4.78, 5) is 0. The molecule has 0 N–H and O–H groups in total. The lowest BCUT2D eigenvalue weighted by atomic mass is 10.4. The van der Waals surface area contributed by atoms with Gasteiger partial charge in [0.25, 0.3) is 0 Å². The highest BCUT2D eigenvalue weighted by atomic mass is 127. The molecule has 0 aliphatic rings. The fourth-order valence-electron chi connectivity index (χ4n) is 0.193. The van der Waals surface area contributed by atoms with Gasteiger partial charge in [0.15, 0.2) is 0 Å². The first-order chi connectivity index (χ1) is 3.72. The second-order valence-electron chi connectivity index (χ2n) is 1.34. The average Bonchev–Trinajstić information content (AvgIpc) is 1.84. The Balaban J connectivity index is 3.29. The van der Waals surface area contributed by atoms with Crippen LogP contribution in [0.25, 0.3) is 0 Å². The van der Waals surface area contributed by atoms with Gasteiger partial charge in [-0.2, -0.15) is 0 Å². The van der Waals surface area contributed by atoms with Crippen molar-refractivity contribution in [3.63, 3.8) is 0 Å². The lowest BCUT2D eigenvalue weighted by Gasteiger charge is -2.08. The normalized spacial score (nSPS) is 18.0. The second-order valence-corrected chi connectivity index (χ2v) is 5.16.